The third-order valence-electron chi connectivity index (χ3n) is 5.36. The van der Waals surface area contributed by atoms with Gasteiger partial charge in [0.05, 0.1) is 24.2 Å². The van der Waals surface area contributed by atoms with E-state index in [2.05, 4.69) is 0 Å². The van der Waals surface area contributed by atoms with Crippen molar-refractivity contribution in [2.45, 2.75) is 13.2 Å². The number of ether oxygens (including phenoxy) is 1. The fourth-order valence-corrected chi connectivity index (χ4v) is 4.66. The first-order chi connectivity index (χ1) is 16.5. The lowest BCUT2D eigenvalue weighted by Crippen LogP contribution is -2.40. The third-order valence-corrected chi connectivity index (χ3v) is 6.82. The maximum Gasteiger partial charge on any atom is 0.320 e. The number of benzene rings is 2. The number of nitrogens with two attached hydrogens (primary N) is 1. The predicted molar refractivity (Wildman–Crippen MR) is 126 cm³/mol. The molecule has 0 spiro atoms. The van der Waals surface area contributed by atoms with E-state index in [1.807, 2.05) is 0 Å². The molecular weight excluding hydrogens is 506 g/mol. The Balaban J connectivity index is 1.58. The average molecular weight is 525 g/mol. The van der Waals surface area contributed by atoms with E-state index in [4.69, 9.17) is 22.1 Å². The van der Waals surface area contributed by atoms with Crippen LogP contribution in [0.15, 0.2) is 53.5 Å². The number of halogens is 3. The number of fused-ring (bicyclic) bond motifs is 1. The summed E-state index contributed by atoms with van der Waals surface area (Å²) in [6.45, 7) is -0.482. The first kappa shape index (κ1) is 24.5. The van der Waals surface area contributed by atoms with Crippen molar-refractivity contribution in [2.75, 3.05) is 22.1 Å². The van der Waals surface area contributed by atoms with Gasteiger partial charge in [-0.15, -0.1) is 0 Å². The number of hydrogen-bond donors (Lipinski definition) is 1. The number of amides is 2. The number of nitrogens with zero attached hydrogens (tertiary/aromatic N) is 3. The topological polar surface area (TPSA) is 115 Å². The highest BCUT2D eigenvalue weighted by atomic mass is 35.5. The summed E-state index contributed by atoms with van der Waals surface area (Å²) in [6, 6.07) is 8.38. The maximum absolute atomic E-state index is 13.8. The van der Waals surface area contributed by atoms with Gasteiger partial charge in [0.25, 0.3) is 5.56 Å². The smallest absolute Gasteiger partial charge is 0.320 e. The summed E-state index contributed by atoms with van der Waals surface area (Å²) in [5.74, 6) is -1.49. The van der Waals surface area contributed by atoms with E-state index in [0.717, 1.165) is 27.6 Å². The number of urea groups is 1. The molecule has 184 valence electrons. The summed E-state index contributed by atoms with van der Waals surface area (Å²) in [6.07, 6.45) is 2.43. The molecule has 0 unspecified atom stereocenters. The van der Waals surface area contributed by atoms with Crippen LogP contribution in [0, 0.1) is 11.6 Å². The molecule has 0 saturated carbocycles. The zero-order valence-corrected chi connectivity index (χ0v) is 19.8. The maximum atomic E-state index is 13.8. The fraction of sp³-hybridized carbons (Fsp3) is 0.182. The number of rotatable bonds is 6. The molecule has 0 bridgehead atoms. The molecule has 0 aliphatic carbocycles. The average Bonchev–Trinajstić information content (AvgIpc) is 3.17. The molecule has 0 fully saturated rings. The number of carbonyl (C=O) groups excluding carboxylic acids is 1. The highest BCUT2D eigenvalue weighted by molar-refractivity contribution is 7.92. The fourth-order valence-electron chi connectivity index (χ4n) is 3.61. The van der Waals surface area contributed by atoms with Crippen LogP contribution in [0.2, 0.25) is 5.02 Å². The molecular formula is C22H19ClF2N4O5S. The van der Waals surface area contributed by atoms with Gasteiger partial charge >= 0.3 is 6.03 Å². The number of primary amides is 1. The second-order valence-corrected chi connectivity index (χ2v) is 10.1. The van der Waals surface area contributed by atoms with Crippen molar-refractivity contribution in [1.29, 1.82) is 0 Å². The number of aromatic nitrogens is 1. The summed E-state index contributed by atoms with van der Waals surface area (Å²) in [4.78, 5) is 25.6. The Bertz CT molecular complexity index is 1500. The molecule has 2 amide bonds. The van der Waals surface area contributed by atoms with E-state index in [9.17, 15) is 26.8 Å². The number of anilines is 2. The minimum absolute atomic E-state index is 0.0194. The van der Waals surface area contributed by atoms with Crippen molar-refractivity contribution in [1.82, 2.24) is 4.57 Å². The van der Waals surface area contributed by atoms with Gasteiger partial charge in [0.2, 0.25) is 10.0 Å². The van der Waals surface area contributed by atoms with Crippen LogP contribution in [0.5, 0.6) is 5.75 Å². The van der Waals surface area contributed by atoms with E-state index in [-0.39, 0.29) is 41.8 Å². The molecule has 0 atom stereocenters. The number of carbonyl (C=O) groups is 1. The molecule has 0 saturated heterocycles. The molecule has 2 N–H and O–H groups in total. The zero-order valence-electron chi connectivity index (χ0n) is 18.2. The van der Waals surface area contributed by atoms with E-state index in [1.165, 1.54) is 22.9 Å². The third kappa shape index (κ3) is 4.93. The standard InChI is InChI=1S/C22H19ClF2N4O5S/c1-35(32,33)29-12-28(22(26)31)17-5-2-13(8-18(17)29)10-27-7-6-19(20(23)21(27)30)34-11-14-3-4-15(24)9-16(14)25/h2-9H,10-12H2,1H3,(H2,26,31). The van der Waals surface area contributed by atoms with Gasteiger partial charge in [-0.1, -0.05) is 17.7 Å². The Kier molecular flexibility index (Phi) is 6.43. The monoisotopic (exact) mass is 524 g/mol. The lowest BCUT2D eigenvalue weighted by Gasteiger charge is -2.17. The number of pyridine rings is 1. The van der Waals surface area contributed by atoms with Crippen LogP contribution in [-0.4, -0.2) is 31.9 Å². The van der Waals surface area contributed by atoms with Crippen LogP contribution in [-0.2, 0) is 23.2 Å². The zero-order chi connectivity index (χ0) is 25.5. The minimum atomic E-state index is -3.70. The van der Waals surface area contributed by atoms with Crippen molar-refractivity contribution in [3.63, 3.8) is 0 Å². The molecule has 0 radical (unpaired) electrons. The van der Waals surface area contributed by atoms with Crippen molar-refractivity contribution in [3.8, 4) is 5.75 Å². The lowest BCUT2D eigenvalue weighted by atomic mass is 10.1. The number of sulfonamides is 1. The Morgan fingerprint density at radius 1 is 1.14 bits per heavy atom. The van der Waals surface area contributed by atoms with E-state index >= 15 is 0 Å². The largest absolute Gasteiger partial charge is 0.487 e. The van der Waals surface area contributed by atoms with Crippen molar-refractivity contribution < 1.29 is 26.7 Å². The molecule has 9 nitrogen and oxygen atoms in total. The molecule has 1 aliphatic heterocycles. The minimum Gasteiger partial charge on any atom is -0.487 e. The van der Waals surface area contributed by atoms with Crippen LogP contribution in [0.3, 0.4) is 0 Å². The van der Waals surface area contributed by atoms with Crippen LogP contribution in [0.4, 0.5) is 25.0 Å². The lowest BCUT2D eigenvalue weighted by molar-refractivity contribution is 0.254. The van der Waals surface area contributed by atoms with Gasteiger partial charge in [0.1, 0.15) is 35.7 Å². The Hall–Kier alpha value is -3.64. The summed E-state index contributed by atoms with van der Waals surface area (Å²) < 4.78 is 59.0. The van der Waals surface area contributed by atoms with Gasteiger partial charge in [0, 0.05) is 17.8 Å². The summed E-state index contributed by atoms with van der Waals surface area (Å²) in [5, 5.41) is -0.242. The van der Waals surface area contributed by atoms with Gasteiger partial charge < -0.3 is 15.0 Å². The van der Waals surface area contributed by atoms with Crippen LogP contribution < -0.4 is 25.2 Å². The highest BCUT2D eigenvalue weighted by Crippen LogP contribution is 2.38. The van der Waals surface area contributed by atoms with Crippen molar-refractivity contribution in [3.05, 3.63) is 86.8 Å². The molecule has 3 aromatic rings. The van der Waals surface area contributed by atoms with E-state index < -0.39 is 33.2 Å². The molecule has 2 heterocycles. The van der Waals surface area contributed by atoms with Gasteiger partial charge in [-0.05, 0) is 35.9 Å². The molecule has 35 heavy (non-hydrogen) atoms. The molecule has 2 aromatic carbocycles. The molecule has 13 heteroatoms. The second kappa shape index (κ2) is 9.19. The first-order valence-electron chi connectivity index (χ1n) is 10.1. The summed E-state index contributed by atoms with van der Waals surface area (Å²) in [5.41, 5.74) is 6.00. The second-order valence-electron chi connectivity index (χ2n) is 7.79. The SMILES string of the molecule is CS(=O)(=O)N1CN(C(N)=O)c2ccc(Cn3ccc(OCc4ccc(F)cc4F)c(Cl)c3=O)cc21. The molecule has 4 rings (SSSR count). The molecule has 1 aromatic heterocycles. The Morgan fingerprint density at radius 3 is 2.54 bits per heavy atom. The Morgan fingerprint density at radius 2 is 1.89 bits per heavy atom. The predicted octanol–water partition coefficient (Wildman–Crippen LogP) is 3.03. The quantitative estimate of drug-likeness (QED) is 0.532. The van der Waals surface area contributed by atoms with Crippen molar-refractivity contribution >= 4 is 39.0 Å². The van der Waals surface area contributed by atoms with Crippen LogP contribution in [0.25, 0.3) is 0 Å². The van der Waals surface area contributed by atoms with Crippen LogP contribution >= 0.6 is 11.6 Å². The van der Waals surface area contributed by atoms with Gasteiger partial charge in [-0.3, -0.25) is 9.69 Å². The molecule has 1 aliphatic rings. The van der Waals surface area contributed by atoms with Crippen molar-refractivity contribution in [2.24, 2.45) is 5.73 Å². The highest BCUT2D eigenvalue weighted by Gasteiger charge is 2.34. The summed E-state index contributed by atoms with van der Waals surface area (Å²) >= 11 is 6.17. The number of hydrogen-bond acceptors (Lipinski definition) is 5. The normalized spacial score (nSPS) is 13.1. The first-order valence-corrected chi connectivity index (χ1v) is 12.3. The van der Waals surface area contributed by atoms with Gasteiger partial charge in [-0.2, -0.15) is 0 Å². The van der Waals surface area contributed by atoms with Gasteiger partial charge in [-0.25, -0.2) is 26.3 Å². The summed E-state index contributed by atoms with van der Waals surface area (Å²) in [7, 11) is -3.70. The van der Waals surface area contributed by atoms with Gasteiger partial charge in [0.15, 0.2) is 0 Å². The van der Waals surface area contributed by atoms with E-state index in [1.54, 1.807) is 18.2 Å². The Labute approximate surface area is 203 Å². The van der Waals surface area contributed by atoms with Crippen LogP contribution in [0.1, 0.15) is 11.1 Å². The van der Waals surface area contributed by atoms with E-state index in [0.29, 0.717) is 11.3 Å².